The molecule has 0 aliphatic carbocycles. The van der Waals surface area contributed by atoms with Gasteiger partial charge in [-0.15, -0.1) is 0 Å². The Balaban J connectivity index is 1.54. The van der Waals surface area contributed by atoms with Crippen LogP contribution < -0.4 is 26.3 Å². The molecule has 2 N–H and O–H groups in total. The van der Waals surface area contributed by atoms with E-state index in [0.717, 1.165) is 16.8 Å². The van der Waals surface area contributed by atoms with Crippen LogP contribution in [0.5, 0.6) is 0 Å². The molecule has 227 valence electrons. The number of nitrogens with zero attached hydrogens (tertiary/aromatic N) is 4. The van der Waals surface area contributed by atoms with Gasteiger partial charge in [0.2, 0.25) is 0 Å². The molecule has 1 fully saturated rings. The summed E-state index contributed by atoms with van der Waals surface area (Å²) >= 11 is -0.778. The van der Waals surface area contributed by atoms with E-state index in [1.807, 2.05) is 80.4 Å². The number of aliphatic hydroxyl groups excluding tert-OH is 1. The van der Waals surface area contributed by atoms with Crippen LogP contribution in [0, 0.1) is 12.8 Å². The summed E-state index contributed by atoms with van der Waals surface area (Å²) in [5.74, 6) is -1.05. The van der Waals surface area contributed by atoms with E-state index in [4.69, 9.17) is 4.52 Å². The second-order valence-corrected chi connectivity index (χ2v) is 14.0. The van der Waals surface area contributed by atoms with Crippen LogP contribution in [-0.2, 0) is 20.9 Å². The fourth-order valence-electron chi connectivity index (χ4n) is 5.20. The molecular weight excluding hydrogens is 660 g/mol. The fraction of sp³-hybridized carbons (Fsp3) is 0.419. The van der Waals surface area contributed by atoms with Gasteiger partial charge in [-0.3, -0.25) is 0 Å². The number of carbonyl (C=O) groups excluding carboxylic acids is 3. The zero-order valence-corrected chi connectivity index (χ0v) is 27.0. The number of amides is 2. The van der Waals surface area contributed by atoms with Gasteiger partial charge in [-0.25, -0.2) is 0 Å². The van der Waals surface area contributed by atoms with Crippen LogP contribution in [0.15, 0.2) is 75.4 Å². The molecular formula is C31H37BIN5O5-. The third-order valence-corrected chi connectivity index (χ3v) is 8.97. The van der Waals surface area contributed by atoms with Gasteiger partial charge in [-0.1, -0.05) is 6.07 Å². The minimum atomic E-state index is -0.888. The van der Waals surface area contributed by atoms with Gasteiger partial charge in [-0.05, 0) is 6.92 Å². The normalized spacial score (nSPS) is 18.2. The molecule has 1 aromatic heterocycles. The van der Waals surface area contributed by atoms with Crippen molar-refractivity contribution in [1.29, 1.82) is 0 Å². The van der Waals surface area contributed by atoms with Crippen LogP contribution in [-0.4, -0.2) is 54.6 Å². The molecule has 43 heavy (non-hydrogen) atoms. The summed E-state index contributed by atoms with van der Waals surface area (Å²) in [7, 11) is 0. The first-order chi connectivity index (χ1) is 20.7. The van der Waals surface area contributed by atoms with E-state index >= 15 is 0 Å². The molecule has 3 aromatic rings. The molecule has 12 heteroatoms. The van der Waals surface area contributed by atoms with Crippen LogP contribution in [0.3, 0.4) is 0 Å². The van der Waals surface area contributed by atoms with Crippen molar-refractivity contribution in [3.63, 3.8) is 0 Å². The fourth-order valence-corrected chi connectivity index (χ4v) is 6.59. The molecule has 0 bridgehead atoms. The van der Waals surface area contributed by atoms with E-state index in [2.05, 4.69) is 20.7 Å². The van der Waals surface area contributed by atoms with Crippen LogP contribution in [0.2, 0.25) is 6.82 Å². The van der Waals surface area contributed by atoms with Crippen molar-refractivity contribution in [3.8, 4) is 0 Å². The Hall–Kier alpha value is -3.39. The van der Waals surface area contributed by atoms with Crippen molar-refractivity contribution in [2.24, 2.45) is 16.1 Å². The predicted octanol–water partition coefficient (Wildman–Crippen LogP) is 1.50. The summed E-state index contributed by atoms with van der Waals surface area (Å²) in [5, 5.41) is 28.0. The number of nitrogens with one attached hydrogen (secondary N) is 1. The zero-order chi connectivity index (χ0) is 30.9. The Kier molecular flexibility index (Phi) is 11.6. The van der Waals surface area contributed by atoms with Gasteiger partial charge < -0.3 is 0 Å². The van der Waals surface area contributed by atoms with E-state index in [-0.39, 0.29) is 35.0 Å². The molecule has 4 atom stereocenters. The number of benzene rings is 2. The number of aromatic nitrogens is 1. The number of β-amino-alcohol motifs (C(OH)–C–C–N with tert-alkyl or cyclic N) is 1. The van der Waals surface area contributed by atoms with Gasteiger partial charge in [0.1, 0.15) is 0 Å². The summed E-state index contributed by atoms with van der Waals surface area (Å²) in [4.78, 5) is 41.8. The Bertz CT molecular complexity index is 1430. The summed E-state index contributed by atoms with van der Waals surface area (Å²) in [5.41, 5.74) is 3.07. The molecule has 2 heterocycles. The molecule has 0 spiro atoms. The second-order valence-electron chi connectivity index (χ2n) is 10.9. The van der Waals surface area contributed by atoms with Gasteiger partial charge in [0.25, 0.3) is 0 Å². The number of hydrogen-bond acceptors (Lipinski definition) is 8. The Labute approximate surface area is 262 Å². The maximum atomic E-state index is 13.8. The average Bonchev–Trinajstić information content (AvgIpc) is 3.58. The molecule has 1 aliphatic heterocycles. The number of rotatable bonds is 13. The molecule has 0 unspecified atom stereocenters. The predicted molar refractivity (Wildman–Crippen MR) is 158 cm³/mol. The maximum absolute atomic E-state index is 13.8. The molecule has 4 rings (SSSR count). The van der Waals surface area contributed by atoms with Crippen molar-refractivity contribution in [2.45, 2.75) is 71.1 Å². The van der Waals surface area contributed by atoms with Crippen LogP contribution in [0.1, 0.15) is 61.2 Å². The molecule has 2 aromatic carbocycles. The Morgan fingerprint density at radius 3 is 2.60 bits per heavy atom. The quantitative estimate of drug-likeness (QED) is 0.120. The van der Waals surface area contributed by atoms with E-state index in [9.17, 15) is 19.5 Å². The first-order valence-electron chi connectivity index (χ1n) is 14.3. The first kappa shape index (κ1) is 32.5. The summed E-state index contributed by atoms with van der Waals surface area (Å²) in [6.45, 7) is 7.83. The SMILES string of the molecule is C[B][I-]C(=O)C[C@H](NC(=O)[C@@H]1C[C@@H](O)CN1C(=O)[C@@H](c1cc(C)no1)C(C)C)c1cccc(CN=Nc2ccccc2)c1. The number of aryl methyl sites for hydroxylation is 1. The molecule has 1 radical (unpaired) electrons. The summed E-state index contributed by atoms with van der Waals surface area (Å²) in [6.07, 6.45) is -0.607. The topological polar surface area (TPSA) is 137 Å². The minimum absolute atomic E-state index is 0.0367. The Morgan fingerprint density at radius 1 is 1.16 bits per heavy atom. The Morgan fingerprint density at radius 2 is 1.93 bits per heavy atom. The van der Waals surface area contributed by atoms with E-state index in [1.54, 1.807) is 13.0 Å². The van der Waals surface area contributed by atoms with Crippen molar-refractivity contribution in [1.82, 2.24) is 15.4 Å². The monoisotopic (exact) mass is 697 g/mol. The van der Waals surface area contributed by atoms with Gasteiger partial charge in [0, 0.05) is 0 Å². The third-order valence-electron chi connectivity index (χ3n) is 7.21. The number of carbonyl (C=O) groups is 3. The van der Waals surface area contributed by atoms with Gasteiger partial charge in [0.05, 0.1) is 0 Å². The zero-order valence-electron chi connectivity index (χ0n) is 24.8. The van der Waals surface area contributed by atoms with Crippen molar-refractivity contribution < 1.29 is 45.0 Å². The molecule has 1 saturated heterocycles. The second kappa shape index (κ2) is 15.4. The number of azo groups is 1. The summed E-state index contributed by atoms with van der Waals surface area (Å²) in [6, 6.07) is 17.3. The van der Waals surface area contributed by atoms with Crippen molar-refractivity contribution >= 4 is 26.4 Å². The first-order valence-corrected chi connectivity index (χ1v) is 16.7. The van der Waals surface area contributed by atoms with Crippen LogP contribution >= 0.6 is 0 Å². The molecule has 2 amide bonds. The molecule has 1 aliphatic rings. The van der Waals surface area contributed by atoms with Crippen molar-refractivity contribution in [3.05, 3.63) is 83.2 Å². The van der Waals surface area contributed by atoms with Gasteiger partial charge in [0.15, 0.2) is 0 Å². The third kappa shape index (κ3) is 8.82. The van der Waals surface area contributed by atoms with E-state index in [1.165, 1.54) is 4.90 Å². The van der Waals surface area contributed by atoms with Crippen LogP contribution in [0.25, 0.3) is 0 Å². The van der Waals surface area contributed by atoms with Crippen LogP contribution in [0.4, 0.5) is 5.69 Å². The van der Waals surface area contributed by atoms with E-state index < -0.39 is 51.0 Å². The number of halogens is 1. The molecule has 0 saturated carbocycles. The van der Waals surface area contributed by atoms with Gasteiger partial charge >= 0.3 is 251 Å². The van der Waals surface area contributed by atoms with E-state index in [0.29, 0.717) is 18.0 Å². The number of aliphatic hydroxyl groups is 1. The van der Waals surface area contributed by atoms with Gasteiger partial charge in [-0.2, -0.15) is 0 Å². The standard InChI is InChI=1S/C31H37BIN5O5/c1-19(2)29(27-13-20(3)37-43-27)31(42)38-18-24(39)15-26(38)30(41)35-25(16-28(40)33-32-4)22-10-8-9-21(14-22)17-34-36-23-11-6-5-7-12-23/h5-14,19,24-26,29,39H,15-18H2,1-4H3,(H,35,41)/q-1/t24-,25+,26+,29-/m1/s1. The number of hydrogen-bond donors (Lipinski definition) is 2. The van der Waals surface area contributed by atoms with Crippen molar-refractivity contribution in [2.75, 3.05) is 6.54 Å². The summed E-state index contributed by atoms with van der Waals surface area (Å²) < 4.78 is 5.52. The number of likely N-dealkylation sites (tertiary alicyclic amines) is 1. The average molecular weight is 697 g/mol. The molecule has 10 nitrogen and oxygen atoms in total.